The van der Waals surface area contributed by atoms with Gasteiger partial charge in [-0.1, -0.05) is 6.07 Å². The molecule has 0 radical (unpaired) electrons. The standard InChI is InChI=1S/C13H12FN3O2S2/c1-8(13-15-5-6-20-13)17-21(18,19)11-7-16-10-4-2-3-9(14)12(10)11/h2-8,16-17H,1H3/t8-/m1/s1. The first kappa shape index (κ1) is 14.2. The third kappa shape index (κ3) is 2.57. The van der Waals surface area contributed by atoms with Gasteiger partial charge >= 0.3 is 0 Å². The van der Waals surface area contributed by atoms with E-state index in [1.807, 2.05) is 0 Å². The summed E-state index contributed by atoms with van der Waals surface area (Å²) in [7, 11) is -3.85. The summed E-state index contributed by atoms with van der Waals surface area (Å²) in [5.41, 5.74) is 0.442. The molecule has 0 unspecified atom stereocenters. The van der Waals surface area contributed by atoms with Crippen LogP contribution in [0.1, 0.15) is 18.0 Å². The molecule has 2 heterocycles. The van der Waals surface area contributed by atoms with Crippen LogP contribution in [0.5, 0.6) is 0 Å². The first-order valence-electron chi connectivity index (χ1n) is 6.16. The molecule has 0 aliphatic rings. The van der Waals surface area contributed by atoms with E-state index in [-0.39, 0.29) is 10.3 Å². The Morgan fingerprint density at radius 1 is 1.43 bits per heavy atom. The van der Waals surface area contributed by atoms with Crippen LogP contribution in [0.2, 0.25) is 0 Å². The summed E-state index contributed by atoms with van der Waals surface area (Å²) >= 11 is 1.36. The number of rotatable bonds is 4. The molecule has 0 fully saturated rings. The second-order valence-electron chi connectivity index (χ2n) is 4.53. The van der Waals surface area contributed by atoms with Gasteiger partial charge in [-0.2, -0.15) is 0 Å². The smallest absolute Gasteiger partial charge is 0.243 e. The Hall–Kier alpha value is -1.77. The Kier molecular flexibility index (Phi) is 3.52. The Labute approximate surface area is 124 Å². The number of sulfonamides is 1. The molecule has 8 heteroatoms. The van der Waals surface area contributed by atoms with Gasteiger partial charge in [0.15, 0.2) is 0 Å². The van der Waals surface area contributed by atoms with E-state index in [4.69, 9.17) is 0 Å². The number of H-pyrrole nitrogens is 1. The molecule has 0 saturated heterocycles. The summed E-state index contributed by atoms with van der Waals surface area (Å²) in [6.07, 6.45) is 2.90. The molecule has 0 saturated carbocycles. The highest BCUT2D eigenvalue weighted by Crippen LogP contribution is 2.27. The lowest BCUT2D eigenvalue weighted by Gasteiger charge is -2.11. The van der Waals surface area contributed by atoms with Crippen molar-refractivity contribution in [2.75, 3.05) is 0 Å². The van der Waals surface area contributed by atoms with Crippen molar-refractivity contribution in [1.29, 1.82) is 0 Å². The average molecular weight is 325 g/mol. The summed E-state index contributed by atoms with van der Waals surface area (Å²) in [6, 6.07) is 3.91. The summed E-state index contributed by atoms with van der Waals surface area (Å²) < 4.78 is 41.3. The zero-order chi connectivity index (χ0) is 15.0. The van der Waals surface area contributed by atoms with Crippen molar-refractivity contribution >= 4 is 32.3 Å². The zero-order valence-corrected chi connectivity index (χ0v) is 12.6. The number of nitrogens with zero attached hydrogens (tertiary/aromatic N) is 1. The largest absolute Gasteiger partial charge is 0.360 e. The van der Waals surface area contributed by atoms with Crippen molar-refractivity contribution < 1.29 is 12.8 Å². The predicted molar refractivity (Wildman–Crippen MR) is 79.1 cm³/mol. The van der Waals surface area contributed by atoms with Crippen LogP contribution in [0.15, 0.2) is 40.9 Å². The number of thiazole rings is 1. The van der Waals surface area contributed by atoms with Gasteiger partial charge in [-0.25, -0.2) is 22.5 Å². The molecule has 2 N–H and O–H groups in total. The fourth-order valence-corrected chi connectivity index (χ4v) is 4.23. The minimum atomic E-state index is -3.85. The second kappa shape index (κ2) is 5.21. The number of nitrogens with one attached hydrogen (secondary N) is 2. The highest BCUT2D eigenvalue weighted by Gasteiger charge is 2.24. The normalized spacial score (nSPS) is 13.6. The molecule has 0 bridgehead atoms. The molecule has 2 aromatic heterocycles. The molecule has 0 spiro atoms. The van der Waals surface area contributed by atoms with Crippen LogP contribution in [0.3, 0.4) is 0 Å². The molecular formula is C13H12FN3O2S2. The third-order valence-corrected chi connectivity index (χ3v) is 5.59. The van der Waals surface area contributed by atoms with E-state index in [9.17, 15) is 12.8 Å². The zero-order valence-electron chi connectivity index (χ0n) is 11.0. The van der Waals surface area contributed by atoms with Crippen LogP contribution < -0.4 is 4.72 Å². The highest BCUT2D eigenvalue weighted by atomic mass is 32.2. The number of halogens is 1. The lowest BCUT2D eigenvalue weighted by molar-refractivity contribution is 0.566. The van der Waals surface area contributed by atoms with E-state index in [2.05, 4.69) is 14.7 Å². The number of fused-ring (bicyclic) bond motifs is 1. The van der Waals surface area contributed by atoms with Crippen LogP contribution in [0.25, 0.3) is 10.9 Å². The predicted octanol–water partition coefficient (Wildman–Crippen LogP) is 2.80. The molecule has 1 atom stereocenters. The van der Waals surface area contributed by atoms with E-state index in [0.717, 1.165) is 0 Å². The van der Waals surface area contributed by atoms with E-state index in [1.165, 1.54) is 29.7 Å². The first-order chi connectivity index (χ1) is 9.99. The number of hydrogen-bond donors (Lipinski definition) is 2. The van der Waals surface area contributed by atoms with Gasteiger partial charge in [0.1, 0.15) is 15.7 Å². The lowest BCUT2D eigenvalue weighted by atomic mass is 10.2. The Morgan fingerprint density at radius 3 is 2.95 bits per heavy atom. The van der Waals surface area contributed by atoms with Gasteiger partial charge in [-0.3, -0.25) is 0 Å². The SMILES string of the molecule is C[C@@H](NS(=O)(=O)c1c[nH]c2cccc(F)c12)c1nccs1. The van der Waals surface area contributed by atoms with Crippen molar-refractivity contribution in [1.82, 2.24) is 14.7 Å². The maximum Gasteiger partial charge on any atom is 0.243 e. The second-order valence-corrected chi connectivity index (χ2v) is 7.14. The van der Waals surface area contributed by atoms with Gasteiger partial charge in [0, 0.05) is 23.3 Å². The molecule has 21 heavy (non-hydrogen) atoms. The maximum absolute atomic E-state index is 13.9. The topological polar surface area (TPSA) is 74.8 Å². The van der Waals surface area contributed by atoms with Crippen molar-refractivity contribution in [2.45, 2.75) is 17.9 Å². The fraction of sp³-hybridized carbons (Fsp3) is 0.154. The molecule has 0 amide bonds. The van der Waals surface area contributed by atoms with E-state index < -0.39 is 21.9 Å². The molecule has 3 aromatic rings. The summed E-state index contributed by atoms with van der Waals surface area (Å²) in [4.78, 5) is 6.74. The molecule has 5 nitrogen and oxygen atoms in total. The lowest BCUT2D eigenvalue weighted by Crippen LogP contribution is -2.26. The van der Waals surface area contributed by atoms with Crippen molar-refractivity contribution in [3.63, 3.8) is 0 Å². The summed E-state index contributed by atoms with van der Waals surface area (Å²) in [5.74, 6) is -0.573. The van der Waals surface area contributed by atoms with Gasteiger partial charge in [0.05, 0.1) is 11.4 Å². The Morgan fingerprint density at radius 2 is 2.24 bits per heavy atom. The van der Waals surface area contributed by atoms with Crippen LogP contribution in [0, 0.1) is 5.82 Å². The number of hydrogen-bond acceptors (Lipinski definition) is 4. The van der Waals surface area contributed by atoms with E-state index >= 15 is 0 Å². The fourth-order valence-electron chi connectivity index (χ4n) is 2.12. The molecular weight excluding hydrogens is 313 g/mol. The number of benzene rings is 1. The van der Waals surface area contributed by atoms with Gasteiger partial charge in [0.2, 0.25) is 10.0 Å². The summed E-state index contributed by atoms with van der Waals surface area (Å²) in [6.45, 7) is 1.70. The quantitative estimate of drug-likeness (QED) is 0.774. The monoisotopic (exact) mass is 325 g/mol. The first-order valence-corrected chi connectivity index (χ1v) is 8.52. The third-order valence-electron chi connectivity index (χ3n) is 3.06. The molecule has 1 aromatic carbocycles. The molecule has 0 aliphatic carbocycles. The van der Waals surface area contributed by atoms with Gasteiger partial charge in [-0.15, -0.1) is 11.3 Å². The number of aromatic amines is 1. The van der Waals surface area contributed by atoms with Crippen LogP contribution in [-0.2, 0) is 10.0 Å². The van der Waals surface area contributed by atoms with Crippen LogP contribution in [0.4, 0.5) is 4.39 Å². The van der Waals surface area contributed by atoms with Crippen LogP contribution >= 0.6 is 11.3 Å². The van der Waals surface area contributed by atoms with Crippen LogP contribution in [-0.4, -0.2) is 18.4 Å². The maximum atomic E-state index is 13.9. The van der Waals surface area contributed by atoms with Crippen molar-refractivity contribution in [3.05, 3.63) is 46.8 Å². The van der Waals surface area contributed by atoms with Gasteiger partial charge in [0.25, 0.3) is 0 Å². The van der Waals surface area contributed by atoms with Crippen molar-refractivity contribution in [2.24, 2.45) is 0 Å². The molecule has 110 valence electrons. The summed E-state index contributed by atoms with van der Waals surface area (Å²) in [5, 5.41) is 2.49. The highest BCUT2D eigenvalue weighted by molar-refractivity contribution is 7.89. The molecule has 3 rings (SSSR count). The van der Waals surface area contributed by atoms with E-state index in [1.54, 1.807) is 24.6 Å². The van der Waals surface area contributed by atoms with Gasteiger partial charge in [-0.05, 0) is 19.1 Å². The van der Waals surface area contributed by atoms with E-state index in [0.29, 0.717) is 10.5 Å². The van der Waals surface area contributed by atoms with Gasteiger partial charge < -0.3 is 4.98 Å². The Bertz CT molecular complexity index is 872. The minimum absolute atomic E-state index is 0.0661. The van der Waals surface area contributed by atoms with Crippen molar-refractivity contribution in [3.8, 4) is 0 Å². The number of aromatic nitrogens is 2. The minimum Gasteiger partial charge on any atom is -0.360 e. The molecule has 0 aliphatic heterocycles. The average Bonchev–Trinajstić information content (AvgIpc) is 3.08. The Balaban J connectivity index is 2.01.